The molecule has 0 aliphatic heterocycles. The molecule has 5 heteroatoms. The van der Waals surface area contributed by atoms with E-state index in [2.05, 4.69) is 16.9 Å². The first kappa shape index (κ1) is 14.7. The van der Waals surface area contributed by atoms with Crippen LogP contribution in [-0.4, -0.2) is 50.8 Å². The van der Waals surface area contributed by atoms with Gasteiger partial charge in [0, 0.05) is 19.7 Å². The van der Waals surface area contributed by atoms with Crippen molar-refractivity contribution in [1.29, 1.82) is 0 Å². The summed E-state index contributed by atoms with van der Waals surface area (Å²) < 4.78 is 4.86. The van der Waals surface area contributed by atoms with Gasteiger partial charge in [-0.05, 0) is 25.4 Å². The van der Waals surface area contributed by atoms with Crippen molar-refractivity contribution in [1.82, 2.24) is 10.6 Å². The largest absolute Gasteiger partial charge is 0.383 e. The van der Waals surface area contributed by atoms with E-state index >= 15 is 0 Å². The molecule has 0 aromatic heterocycles. The van der Waals surface area contributed by atoms with Crippen LogP contribution in [0, 0.1) is 0 Å². The smallest absolute Gasteiger partial charge is 0.234 e. The van der Waals surface area contributed by atoms with Crippen LogP contribution in [0.25, 0.3) is 0 Å². The highest BCUT2D eigenvalue weighted by Gasteiger charge is 2.05. The highest BCUT2D eigenvalue weighted by atomic mass is 32.2. The predicted octanol–water partition coefficient (Wildman–Crippen LogP) is 0.480. The Bertz CT molecular complexity index is 168. The zero-order valence-corrected chi connectivity index (χ0v) is 10.7. The van der Waals surface area contributed by atoms with Crippen LogP contribution in [0.4, 0.5) is 0 Å². The van der Waals surface area contributed by atoms with Crippen LogP contribution in [0.15, 0.2) is 0 Å². The van der Waals surface area contributed by atoms with Gasteiger partial charge in [0.05, 0.1) is 13.2 Å². The van der Waals surface area contributed by atoms with Crippen molar-refractivity contribution in [3.63, 3.8) is 0 Å². The first-order chi connectivity index (χ1) is 7.20. The van der Waals surface area contributed by atoms with Crippen molar-refractivity contribution in [3.05, 3.63) is 0 Å². The van der Waals surface area contributed by atoms with E-state index in [1.54, 1.807) is 18.9 Å². The van der Waals surface area contributed by atoms with Crippen molar-refractivity contribution in [3.8, 4) is 0 Å². The summed E-state index contributed by atoms with van der Waals surface area (Å²) in [6.07, 6.45) is 3.09. The summed E-state index contributed by atoms with van der Waals surface area (Å²) in [7, 11) is 1.65. The van der Waals surface area contributed by atoms with Crippen LogP contribution in [0.1, 0.15) is 13.3 Å². The van der Waals surface area contributed by atoms with Gasteiger partial charge in [0.15, 0.2) is 0 Å². The average Bonchev–Trinajstić information content (AvgIpc) is 2.21. The zero-order chi connectivity index (χ0) is 11.5. The fourth-order valence-electron chi connectivity index (χ4n) is 1.07. The molecule has 1 atom stereocenters. The third-order valence-electron chi connectivity index (χ3n) is 1.93. The Labute approximate surface area is 96.5 Å². The normalized spacial score (nSPS) is 12.5. The molecule has 2 N–H and O–H groups in total. The summed E-state index contributed by atoms with van der Waals surface area (Å²) in [5.74, 6) is 1.14. The van der Waals surface area contributed by atoms with Crippen molar-refractivity contribution in [2.75, 3.05) is 38.8 Å². The van der Waals surface area contributed by atoms with Gasteiger partial charge < -0.3 is 15.4 Å². The molecule has 90 valence electrons. The Hall–Kier alpha value is -0.260. The molecular formula is C10H22N2O2S. The summed E-state index contributed by atoms with van der Waals surface area (Å²) in [6.45, 7) is 3.74. The minimum Gasteiger partial charge on any atom is -0.383 e. The quantitative estimate of drug-likeness (QED) is 0.570. The number of carbonyl (C=O) groups is 1. The molecule has 0 aromatic carbocycles. The molecule has 0 aliphatic carbocycles. The molecule has 0 aliphatic rings. The number of amides is 1. The molecule has 0 heterocycles. The highest BCUT2D eigenvalue weighted by molar-refractivity contribution is 7.98. The predicted molar refractivity (Wildman–Crippen MR) is 65.3 cm³/mol. The lowest BCUT2D eigenvalue weighted by Crippen LogP contribution is -2.40. The number of thioether (sulfide) groups is 1. The monoisotopic (exact) mass is 234 g/mol. The number of ether oxygens (including phenoxy) is 1. The molecule has 0 saturated heterocycles. The van der Waals surface area contributed by atoms with Crippen LogP contribution < -0.4 is 10.6 Å². The molecule has 0 fully saturated rings. The van der Waals surface area contributed by atoms with Crippen LogP contribution in [0.3, 0.4) is 0 Å². The first-order valence-electron chi connectivity index (χ1n) is 5.18. The molecule has 0 spiro atoms. The molecule has 0 bridgehead atoms. The van der Waals surface area contributed by atoms with Gasteiger partial charge in [-0.15, -0.1) is 0 Å². The van der Waals surface area contributed by atoms with E-state index in [9.17, 15) is 4.79 Å². The molecule has 1 amide bonds. The summed E-state index contributed by atoms with van der Waals surface area (Å²) in [5, 5.41) is 5.94. The molecule has 4 nitrogen and oxygen atoms in total. The lowest BCUT2D eigenvalue weighted by molar-refractivity contribution is -0.120. The number of carbonyl (C=O) groups excluding carboxylic acids is 1. The zero-order valence-electron chi connectivity index (χ0n) is 9.84. The molecular weight excluding hydrogens is 212 g/mol. The lowest BCUT2D eigenvalue weighted by Gasteiger charge is -2.13. The number of methoxy groups -OCH3 is 1. The van der Waals surface area contributed by atoms with E-state index in [-0.39, 0.29) is 11.9 Å². The Balaban J connectivity index is 3.38. The number of hydrogen-bond acceptors (Lipinski definition) is 4. The third kappa shape index (κ3) is 10.0. The summed E-state index contributed by atoms with van der Waals surface area (Å²) in [4.78, 5) is 11.4. The summed E-state index contributed by atoms with van der Waals surface area (Å²) in [6, 6.07) is 0.258. The number of rotatable bonds is 9. The summed E-state index contributed by atoms with van der Waals surface area (Å²) >= 11 is 1.80. The second-order valence-electron chi connectivity index (χ2n) is 3.42. The Morgan fingerprint density at radius 2 is 2.27 bits per heavy atom. The SMILES string of the molecule is COCCNCC(=O)NC(C)CCSC. The minimum absolute atomic E-state index is 0.0553. The van der Waals surface area contributed by atoms with Gasteiger partial charge in [-0.2, -0.15) is 11.8 Å². The maximum Gasteiger partial charge on any atom is 0.234 e. The third-order valence-corrected chi connectivity index (χ3v) is 2.57. The van der Waals surface area contributed by atoms with Crippen molar-refractivity contribution < 1.29 is 9.53 Å². The first-order valence-corrected chi connectivity index (χ1v) is 6.58. The highest BCUT2D eigenvalue weighted by Crippen LogP contribution is 1.99. The molecule has 1 unspecified atom stereocenters. The molecule has 0 radical (unpaired) electrons. The van der Waals surface area contributed by atoms with E-state index in [4.69, 9.17) is 4.74 Å². The lowest BCUT2D eigenvalue weighted by atomic mass is 10.2. The van der Waals surface area contributed by atoms with Gasteiger partial charge in [0.1, 0.15) is 0 Å². The van der Waals surface area contributed by atoms with Crippen molar-refractivity contribution in [2.45, 2.75) is 19.4 Å². The number of hydrogen-bond donors (Lipinski definition) is 2. The van der Waals surface area contributed by atoms with Crippen LogP contribution in [0.5, 0.6) is 0 Å². The van der Waals surface area contributed by atoms with E-state index in [1.165, 1.54) is 0 Å². The van der Waals surface area contributed by atoms with E-state index in [0.717, 1.165) is 12.2 Å². The second kappa shape index (κ2) is 10.3. The van der Waals surface area contributed by atoms with Gasteiger partial charge >= 0.3 is 0 Å². The minimum atomic E-state index is 0.0553. The average molecular weight is 234 g/mol. The van der Waals surface area contributed by atoms with Crippen molar-refractivity contribution in [2.24, 2.45) is 0 Å². The Kier molecular flexibility index (Phi) is 10.1. The molecule has 15 heavy (non-hydrogen) atoms. The molecule has 0 rings (SSSR count). The maximum atomic E-state index is 11.4. The topological polar surface area (TPSA) is 50.4 Å². The van der Waals surface area contributed by atoms with E-state index in [0.29, 0.717) is 19.7 Å². The van der Waals surface area contributed by atoms with Gasteiger partial charge in [-0.25, -0.2) is 0 Å². The van der Waals surface area contributed by atoms with Gasteiger partial charge in [0.25, 0.3) is 0 Å². The fraction of sp³-hybridized carbons (Fsp3) is 0.900. The maximum absolute atomic E-state index is 11.4. The van der Waals surface area contributed by atoms with E-state index < -0.39 is 0 Å². The van der Waals surface area contributed by atoms with Gasteiger partial charge in [-0.1, -0.05) is 0 Å². The molecule has 0 aromatic rings. The van der Waals surface area contributed by atoms with Crippen LogP contribution in [-0.2, 0) is 9.53 Å². The molecule has 0 saturated carbocycles. The Morgan fingerprint density at radius 1 is 1.53 bits per heavy atom. The number of nitrogens with one attached hydrogen (secondary N) is 2. The van der Waals surface area contributed by atoms with E-state index in [1.807, 2.05) is 6.92 Å². The van der Waals surface area contributed by atoms with Gasteiger partial charge in [0.2, 0.25) is 5.91 Å². The standard InChI is InChI=1S/C10H22N2O2S/c1-9(4-7-15-3)12-10(13)8-11-5-6-14-2/h9,11H,4-8H2,1-3H3,(H,12,13). The van der Waals surface area contributed by atoms with Crippen LogP contribution in [0.2, 0.25) is 0 Å². The fourth-order valence-corrected chi connectivity index (χ4v) is 1.66. The Morgan fingerprint density at radius 3 is 2.87 bits per heavy atom. The second-order valence-corrected chi connectivity index (χ2v) is 4.41. The van der Waals surface area contributed by atoms with Crippen LogP contribution >= 0.6 is 11.8 Å². The summed E-state index contributed by atoms with van der Waals surface area (Å²) in [5.41, 5.74) is 0. The van der Waals surface area contributed by atoms with Gasteiger partial charge in [-0.3, -0.25) is 4.79 Å². The van der Waals surface area contributed by atoms with Crippen molar-refractivity contribution >= 4 is 17.7 Å².